The molecule has 2 fully saturated rings. The molecule has 0 saturated carbocycles. The SMILES string of the molecule is CC#CC(=O)N1CCOC[C@H]1c1nc(-c2ccc(C(=O)Nc3ccccn3)cc2)c2c(N/C=C/C(=O)N3CCCCCC3c3nc(-c4ccc(C(=O)Nc5ccccn5)cc4)c4c(N)nccn34)nccn12. The molecule has 360 valence electrons. The summed E-state index contributed by atoms with van der Waals surface area (Å²) >= 11 is 0. The van der Waals surface area contributed by atoms with Gasteiger partial charge in [0.05, 0.1) is 19.3 Å². The van der Waals surface area contributed by atoms with Gasteiger partial charge in [0.1, 0.15) is 57.6 Å². The van der Waals surface area contributed by atoms with E-state index in [1.807, 2.05) is 25.8 Å². The van der Waals surface area contributed by atoms with Gasteiger partial charge in [-0.15, -0.1) is 0 Å². The second kappa shape index (κ2) is 20.8. The molecular weight excluding hydrogens is 913 g/mol. The summed E-state index contributed by atoms with van der Waals surface area (Å²) in [5.74, 6) is 6.84. The number of likely N-dealkylation sites (tertiary alicyclic amines) is 1. The first kappa shape index (κ1) is 46.4. The quantitative estimate of drug-likeness (QED) is 0.0758. The lowest BCUT2D eigenvalue weighted by molar-refractivity contribution is -0.134. The number of nitrogens with one attached hydrogen (secondary N) is 3. The molecule has 19 heteroatoms. The first-order valence-electron chi connectivity index (χ1n) is 23.5. The molecule has 2 saturated heterocycles. The topological polar surface area (TPSA) is 232 Å². The fourth-order valence-corrected chi connectivity index (χ4v) is 9.11. The highest BCUT2D eigenvalue weighted by Crippen LogP contribution is 2.37. The van der Waals surface area contributed by atoms with Crippen LogP contribution in [0, 0.1) is 11.8 Å². The van der Waals surface area contributed by atoms with Crippen LogP contribution in [0.4, 0.5) is 23.3 Å². The zero-order chi connectivity index (χ0) is 49.6. The maximum Gasteiger partial charge on any atom is 0.299 e. The van der Waals surface area contributed by atoms with Gasteiger partial charge >= 0.3 is 0 Å². The van der Waals surface area contributed by atoms with Gasteiger partial charge in [0.25, 0.3) is 17.7 Å². The molecule has 5 N–H and O–H groups in total. The van der Waals surface area contributed by atoms with Crippen molar-refractivity contribution in [3.63, 3.8) is 0 Å². The van der Waals surface area contributed by atoms with Crippen molar-refractivity contribution in [3.05, 3.63) is 157 Å². The second-order valence-corrected chi connectivity index (χ2v) is 17.0. The maximum absolute atomic E-state index is 14.5. The van der Waals surface area contributed by atoms with Crippen LogP contribution >= 0.6 is 0 Å². The molecule has 8 heterocycles. The van der Waals surface area contributed by atoms with E-state index in [-0.39, 0.29) is 36.1 Å². The molecule has 0 bridgehead atoms. The minimum atomic E-state index is -0.585. The number of benzene rings is 2. The summed E-state index contributed by atoms with van der Waals surface area (Å²) in [6, 6.07) is 23.6. The normalized spacial score (nSPS) is 16.0. The lowest BCUT2D eigenvalue weighted by Gasteiger charge is -2.33. The number of aromatic nitrogens is 8. The summed E-state index contributed by atoms with van der Waals surface area (Å²) in [6.07, 6.45) is 16.3. The summed E-state index contributed by atoms with van der Waals surface area (Å²) in [5.41, 5.74) is 11.0. The van der Waals surface area contributed by atoms with E-state index in [0.717, 1.165) is 24.8 Å². The smallest absolute Gasteiger partial charge is 0.299 e. The van der Waals surface area contributed by atoms with E-state index in [9.17, 15) is 19.2 Å². The molecule has 1 unspecified atom stereocenters. The van der Waals surface area contributed by atoms with E-state index in [1.54, 1.807) is 128 Å². The number of morpholine rings is 1. The number of nitrogens with zero attached hydrogens (tertiary/aromatic N) is 10. The van der Waals surface area contributed by atoms with E-state index in [1.165, 1.54) is 6.08 Å². The van der Waals surface area contributed by atoms with Crippen molar-refractivity contribution in [2.75, 3.05) is 48.0 Å². The summed E-state index contributed by atoms with van der Waals surface area (Å²) in [7, 11) is 0. The van der Waals surface area contributed by atoms with Crippen LogP contribution in [0.1, 0.15) is 77.1 Å². The summed E-state index contributed by atoms with van der Waals surface area (Å²) in [5, 5.41) is 8.89. The highest BCUT2D eigenvalue weighted by Gasteiger charge is 2.34. The third-order valence-corrected chi connectivity index (χ3v) is 12.5. The fraction of sp³-hybridized carbons (Fsp3) is 0.208. The first-order valence-corrected chi connectivity index (χ1v) is 23.5. The van der Waals surface area contributed by atoms with Crippen LogP contribution in [0.5, 0.6) is 0 Å². The van der Waals surface area contributed by atoms with Crippen LogP contribution in [0.15, 0.2) is 134 Å². The monoisotopic (exact) mass is 960 g/mol. The average molecular weight is 961 g/mol. The maximum atomic E-state index is 14.5. The summed E-state index contributed by atoms with van der Waals surface area (Å²) in [6.45, 7) is 2.96. The molecule has 10 rings (SSSR count). The molecule has 0 aliphatic carbocycles. The van der Waals surface area contributed by atoms with Crippen molar-refractivity contribution in [1.82, 2.24) is 48.5 Å². The van der Waals surface area contributed by atoms with Gasteiger partial charge in [-0.3, -0.25) is 28.0 Å². The number of fused-ring (bicyclic) bond motifs is 2. The van der Waals surface area contributed by atoms with Gasteiger partial charge in [0, 0.05) is 84.8 Å². The number of amides is 4. The Labute approximate surface area is 413 Å². The number of imidazole rings is 2. The molecule has 2 atom stereocenters. The van der Waals surface area contributed by atoms with Crippen molar-refractivity contribution in [1.29, 1.82) is 0 Å². The van der Waals surface area contributed by atoms with Crippen LogP contribution in [0.2, 0.25) is 0 Å². The van der Waals surface area contributed by atoms with Crippen molar-refractivity contribution in [2.45, 2.75) is 44.7 Å². The van der Waals surface area contributed by atoms with Gasteiger partial charge < -0.3 is 36.2 Å². The molecular formula is C53H48N14O5. The lowest BCUT2D eigenvalue weighted by atomic mass is 10.1. The molecule has 0 spiro atoms. The zero-order valence-corrected chi connectivity index (χ0v) is 39.1. The van der Waals surface area contributed by atoms with Gasteiger partial charge in [0.2, 0.25) is 5.91 Å². The number of ether oxygens (including phenoxy) is 1. The van der Waals surface area contributed by atoms with Crippen molar-refractivity contribution in [3.8, 4) is 34.4 Å². The Kier molecular flexibility index (Phi) is 13.4. The molecule has 2 aliphatic rings. The van der Waals surface area contributed by atoms with Crippen LogP contribution in [-0.2, 0) is 14.3 Å². The lowest BCUT2D eigenvalue weighted by Crippen LogP contribution is -2.43. The number of nitrogen functional groups attached to an aromatic ring is 1. The van der Waals surface area contributed by atoms with Gasteiger partial charge in [-0.05, 0) is 74.2 Å². The number of nitrogens with two attached hydrogens (primary N) is 1. The van der Waals surface area contributed by atoms with Gasteiger partial charge in [-0.2, -0.15) is 0 Å². The first-order chi connectivity index (χ1) is 35.2. The number of pyridine rings is 2. The molecule has 4 amide bonds. The van der Waals surface area contributed by atoms with E-state index in [0.29, 0.717) is 94.3 Å². The van der Waals surface area contributed by atoms with Crippen molar-refractivity contribution in [2.24, 2.45) is 0 Å². The van der Waals surface area contributed by atoms with E-state index in [2.05, 4.69) is 42.7 Å². The third-order valence-electron chi connectivity index (χ3n) is 12.5. The Morgan fingerprint density at radius 2 is 1.29 bits per heavy atom. The van der Waals surface area contributed by atoms with Crippen LogP contribution in [0.3, 0.4) is 0 Å². The van der Waals surface area contributed by atoms with Crippen LogP contribution < -0.4 is 21.7 Å². The summed E-state index contributed by atoms with van der Waals surface area (Å²) < 4.78 is 9.66. The Morgan fingerprint density at radius 1 is 0.681 bits per heavy atom. The minimum Gasteiger partial charge on any atom is -0.382 e. The van der Waals surface area contributed by atoms with Crippen molar-refractivity contribution >= 4 is 57.9 Å². The van der Waals surface area contributed by atoms with Gasteiger partial charge in [0.15, 0.2) is 5.82 Å². The van der Waals surface area contributed by atoms with Gasteiger partial charge in [-0.1, -0.05) is 55.2 Å². The number of carbonyl (C=O) groups excluding carboxylic acids is 4. The van der Waals surface area contributed by atoms with E-state index < -0.39 is 12.1 Å². The number of carbonyl (C=O) groups is 4. The Hall–Kier alpha value is -9.28. The van der Waals surface area contributed by atoms with Crippen molar-refractivity contribution < 1.29 is 23.9 Å². The standard InChI is InChI=1S/C53H48N14O5/c1-2-10-42(68)65-31-32-72-33-39(65)51-63-45(35-16-20-37(21-17-35)53(71)61-41-13-6-8-24-56-41)47-49(59-27-30-67(47)51)58-25-22-43(69)64-28-9-3-4-11-38(64)50-62-44(46-48(54)57-26-29-66(46)50)34-14-18-36(19-15-34)52(70)60-40-12-5-7-23-55-40/h5-8,12-27,29-30,38-39H,3-4,9,11,28,31-33H2,1H3,(H2,54,57)(H,58,59)(H,55,60,70)(H,56,61,71)/b25-22+/t38?,39-/m0/s1. The molecule has 0 radical (unpaired) electrons. The predicted molar refractivity (Wildman–Crippen MR) is 270 cm³/mol. The molecule has 2 aromatic carbocycles. The van der Waals surface area contributed by atoms with Gasteiger partial charge in [-0.25, -0.2) is 29.9 Å². The number of hydrogen-bond acceptors (Lipinski definition) is 13. The van der Waals surface area contributed by atoms with Crippen LogP contribution in [-0.4, -0.2) is 98.4 Å². The molecule has 72 heavy (non-hydrogen) atoms. The Morgan fingerprint density at radius 3 is 1.92 bits per heavy atom. The summed E-state index contributed by atoms with van der Waals surface area (Å²) in [4.78, 5) is 85.4. The van der Waals surface area contributed by atoms with E-state index in [4.69, 9.17) is 25.4 Å². The average Bonchev–Trinajstić information content (AvgIpc) is 3.91. The highest BCUT2D eigenvalue weighted by atomic mass is 16.5. The number of rotatable bonds is 11. The molecule has 19 nitrogen and oxygen atoms in total. The van der Waals surface area contributed by atoms with E-state index >= 15 is 0 Å². The minimum absolute atomic E-state index is 0.188. The predicted octanol–water partition coefficient (Wildman–Crippen LogP) is 6.98. The number of anilines is 4. The Bertz CT molecular complexity index is 3400. The molecule has 6 aromatic heterocycles. The molecule has 8 aromatic rings. The molecule has 2 aliphatic heterocycles. The third kappa shape index (κ3) is 9.53. The van der Waals surface area contributed by atoms with Crippen LogP contribution in [0.25, 0.3) is 33.5 Å². The largest absolute Gasteiger partial charge is 0.382 e. The fourth-order valence-electron chi connectivity index (χ4n) is 9.11. The zero-order valence-electron chi connectivity index (χ0n) is 39.1. The number of hydrogen-bond donors (Lipinski definition) is 4. The highest BCUT2D eigenvalue weighted by molar-refractivity contribution is 6.05. The second-order valence-electron chi connectivity index (χ2n) is 17.0. The Balaban J connectivity index is 0.952.